The van der Waals surface area contributed by atoms with Crippen molar-refractivity contribution in [2.24, 2.45) is 0 Å². The lowest BCUT2D eigenvalue weighted by molar-refractivity contribution is 0.00557. The zero-order chi connectivity index (χ0) is 14.2. The van der Waals surface area contributed by atoms with Gasteiger partial charge in [0.1, 0.15) is 0 Å². The number of aliphatic hydroxyl groups excluding tert-OH is 1. The molecule has 20 heavy (non-hydrogen) atoms. The van der Waals surface area contributed by atoms with Crippen LogP contribution in [0.2, 0.25) is 0 Å². The van der Waals surface area contributed by atoms with E-state index in [1.54, 1.807) is 0 Å². The van der Waals surface area contributed by atoms with E-state index >= 15 is 0 Å². The summed E-state index contributed by atoms with van der Waals surface area (Å²) in [5.41, 5.74) is 1.42. The van der Waals surface area contributed by atoms with Gasteiger partial charge in [0.05, 0.1) is 25.9 Å². The lowest BCUT2D eigenvalue weighted by Gasteiger charge is -2.25. The highest BCUT2D eigenvalue weighted by Gasteiger charge is 2.21. The molecule has 0 aliphatic heterocycles. The van der Waals surface area contributed by atoms with Crippen LogP contribution in [0.25, 0.3) is 0 Å². The number of hydrogen-bond donors (Lipinski definition) is 2. The first-order chi connectivity index (χ1) is 9.81. The lowest BCUT2D eigenvalue weighted by atomic mass is 9.94. The van der Waals surface area contributed by atoms with E-state index in [9.17, 15) is 5.11 Å². The molecular weight excluding hydrogens is 274 g/mol. The third-order valence-corrected chi connectivity index (χ3v) is 4.53. The Balaban J connectivity index is 1.63. The maximum atomic E-state index is 9.91. The number of ether oxygens (including phenoxy) is 2. The van der Waals surface area contributed by atoms with Crippen molar-refractivity contribution in [3.63, 3.8) is 0 Å². The van der Waals surface area contributed by atoms with Gasteiger partial charge >= 0.3 is 0 Å². The van der Waals surface area contributed by atoms with E-state index in [0.29, 0.717) is 39.0 Å². The van der Waals surface area contributed by atoms with E-state index in [1.165, 1.54) is 23.3 Å². The van der Waals surface area contributed by atoms with Crippen molar-refractivity contribution in [1.82, 2.24) is 5.32 Å². The van der Waals surface area contributed by atoms with Gasteiger partial charge in [-0.1, -0.05) is 0 Å². The average Bonchev–Trinajstić information content (AvgIpc) is 2.94. The molecule has 2 atom stereocenters. The number of rotatable bonds is 9. The largest absolute Gasteiger partial charge is 0.389 e. The number of nitrogens with one attached hydrogen (secondary N) is 1. The lowest BCUT2D eigenvalue weighted by Crippen LogP contribution is -2.34. The molecule has 0 amide bonds. The van der Waals surface area contributed by atoms with Crippen LogP contribution < -0.4 is 5.32 Å². The minimum absolute atomic E-state index is 0.364. The summed E-state index contributed by atoms with van der Waals surface area (Å²) in [7, 11) is 0. The number of aliphatic hydroxyl groups is 1. The fraction of sp³-hybridized carbons (Fsp3) is 0.733. The van der Waals surface area contributed by atoms with Crippen LogP contribution in [0, 0.1) is 0 Å². The molecule has 0 aromatic carbocycles. The van der Waals surface area contributed by atoms with E-state index in [-0.39, 0.29) is 0 Å². The number of thiophene rings is 1. The van der Waals surface area contributed by atoms with E-state index < -0.39 is 6.10 Å². The number of hydrogen-bond acceptors (Lipinski definition) is 5. The second-order valence-corrected chi connectivity index (χ2v) is 6.08. The van der Waals surface area contributed by atoms with Crippen molar-refractivity contribution >= 4 is 11.3 Å². The summed E-state index contributed by atoms with van der Waals surface area (Å²) >= 11 is 1.84. The van der Waals surface area contributed by atoms with Gasteiger partial charge in [-0.25, -0.2) is 0 Å². The van der Waals surface area contributed by atoms with Crippen molar-refractivity contribution in [2.45, 2.75) is 38.3 Å². The van der Waals surface area contributed by atoms with Crippen LogP contribution in [0.1, 0.15) is 36.2 Å². The first-order valence-corrected chi connectivity index (χ1v) is 8.32. The molecule has 2 rings (SSSR count). The molecule has 0 bridgehead atoms. The summed E-state index contributed by atoms with van der Waals surface area (Å²) in [6, 6.07) is 2.60. The Hall–Kier alpha value is -0.460. The molecule has 1 aliphatic rings. The van der Waals surface area contributed by atoms with E-state index in [2.05, 4.69) is 16.8 Å². The van der Waals surface area contributed by atoms with Crippen LogP contribution in [0.3, 0.4) is 0 Å². The molecule has 0 radical (unpaired) electrons. The quantitative estimate of drug-likeness (QED) is 0.686. The second kappa shape index (κ2) is 8.74. The topological polar surface area (TPSA) is 50.7 Å². The first kappa shape index (κ1) is 15.9. The van der Waals surface area contributed by atoms with Crippen LogP contribution in [0.5, 0.6) is 0 Å². The third kappa shape index (κ3) is 4.82. The minimum Gasteiger partial charge on any atom is -0.389 e. The summed E-state index contributed by atoms with van der Waals surface area (Å²) in [5, 5.41) is 15.5. The summed E-state index contributed by atoms with van der Waals surface area (Å²) in [5.74, 6) is 0. The fourth-order valence-corrected chi connectivity index (χ4v) is 3.50. The normalized spacial score (nSPS) is 19.8. The smallest absolute Gasteiger partial charge is 0.0897 e. The molecule has 4 nitrogen and oxygen atoms in total. The zero-order valence-corrected chi connectivity index (χ0v) is 13.0. The van der Waals surface area contributed by atoms with Gasteiger partial charge in [-0.15, -0.1) is 11.3 Å². The monoisotopic (exact) mass is 299 g/mol. The van der Waals surface area contributed by atoms with Crippen LogP contribution in [-0.2, 0) is 15.9 Å². The summed E-state index contributed by atoms with van der Waals surface area (Å²) in [4.78, 5) is 1.50. The molecule has 0 saturated heterocycles. The van der Waals surface area contributed by atoms with Crippen LogP contribution in [0.15, 0.2) is 11.4 Å². The summed E-state index contributed by atoms with van der Waals surface area (Å²) in [6.45, 7) is 4.75. The molecule has 1 aromatic rings. The van der Waals surface area contributed by atoms with E-state index in [4.69, 9.17) is 9.47 Å². The van der Waals surface area contributed by atoms with Crippen molar-refractivity contribution in [3.05, 3.63) is 21.9 Å². The molecule has 1 heterocycles. The number of fused-ring (bicyclic) bond motifs is 1. The van der Waals surface area contributed by atoms with Gasteiger partial charge in [-0.3, -0.25) is 0 Å². The molecule has 5 heteroatoms. The third-order valence-electron chi connectivity index (χ3n) is 3.54. The molecule has 0 fully saturated rings. The van der Waals surface area contributed by atoms with Crippen molar-refractivity contribution in [3.8, 4) is 0 Å². The predicted molar refractivity (Wildman–Crippen MR) is 81.3 cm³/mol. The Bertz CT molecular complexity index is 383. The molecular formula is C15H25NO3S. The molecule has 1 aromatic heterocycles. The van der Waals surface area contributed by atoms with Gasteiger partial charge < -0.3 is 19.9 Å². The van der Waals surface area contributed by atoms with Gasteiger partial charge in [-0.05, 0) is 43.2 Å². The Kier molecular flexibility index (Phi) is 6.96. The van der Waals surface area contributed by atoms with Gasteiger partial charge in [-0.2, -0.15) is 0 Å². The van der Waals surface area contributed by atoms with Gasteiger partial charge in [0.15, 0.2) is 0 Å². The Morgan fingerprint density at radius 1 is 1.45 bits per heavy atom. The number of aryl methyl sites for hydroxylation is 1. The van der Waals surface area contributed by atoms with Crippen molar-refractivity contribution in [2.75, 3.05) is 33.0 Å². The van der Waals surface area contributed by atoms with E-state index in [1.807, 2.05) is 18.3 Å². The maximum absolute atomic E-state index is 9.91. The van der Waals surface area contributed by atoms with Gasteiger partial charge in [0.25, 0.3) is 0 Å². The van der Waals surface area contributed by atoms with E-state index in [0.717, 1.165) is 6.42 Å². The molecule has 0 spiro atoms. The second-order valence-electron chi connectivity index (χ2n) is 5.08. The Labute approximate surface area is 125 Å². The Morgan fingerprint density at radius 2 is 2.30 bits per heavy atom. The van der Waals surface area contributed by atoms with Crippen molar-refractivity contribution < 1.29 is 14.6 Å². The van der Waals surface area contributed by atoms with Gasteiger partial charge in [0.2, 0.25) is 0 Å². The van der Waals surface area contributed by atoms with Crippen LogP contribution in [-0.4, -0.2) is 44.2 Å². The highest BCUT2D eigenvalue weighted by Crippen LogP contribution is 2.33. The summed E-state index contributed by atoms with van der Waals surface area (Å²) < 4.78 is 10.6. The summed E-state index contributed by atoms with van der Waals surface area (Å²) in [6.07, 6.45) is 3.13. The zero-order valence-electron chi connectivity index (χ0n) is 12.1. The molecule has 1 aliphatic carbocycles. The Morgan fingerprint density at radius 3 is 3.15 bits per heavy atom. The molecule has 2 unspecified atom stereocenters. The van der Waals surface area contributed by atoms with Crippen molar-refractivity contribution in [1.29, 1.82) is 0 Å². The maximum Gasteiger partial charge on any atom is 0.0897 e. The molecule has 114 valence electrons. The first-order valence-electron chi connectivity index (χ1n) is 7.44. The standard InChI is InChI=1S/C15H25NO3S/c1-2-18-7-8-19-11-12(17)10-16-14-4-3-5-15-13(14)6-9-20-15/h6,9,12,14,16-17H,2-5,7-8,10-11H2,1H3. The SMILES string of the molecule is CCOCCOCC(O)CNC1CCCc2sccc21. The molecule has 0 saturated carbocycles. The fourth-order valence-electron chi connectivity index (χ4n) is 2.52. The van der Waals surface area contributed by atoms with Crippen LogP contribution >= 0.6 is 11.3 Å². The predicted octanol–water partition coefficient (Wildman–Crippen LogP) is 2.13. The van der Waals surface area contributed by atoms with Crippen LogP contribution in [0.4, 0.5) is 0 Å². The minimum atomic E-state index is -0.458. The highest BCUT2D eigenvalue weighted by atomic mass is 32.1. The van der Waals surface area contributed by atoms with Gasteiger partial charge in [0, 0.05) is 24.1 Å². The molecule has 2 N–H and O–H groups in total. The highest BCUT2D eigenvalue weighted by molar-refractivity contribution is 7.10. The average molecular weight is 299 g/mol.